The van der Waals surface area contributed by atoms with E-state index in [-0.39, 0.29) is 0 Å². The molecule has 0 aliphatic carbocycles. The minimum Gasteiger partial charge on any atom is -0.497 e. The first-order chi connectivity index (χ1) is 8.28. The largest absolute Gasteiger partial charge is 0.497 e. The normalized spacial score (nSPS) is 9.94. The van der Waals surface area contributed by atoms with Crippen LogP contribution in [-0.4, -0.2) is 12.1 Å². The number of anilines is 2. The molecule has 2 rings (SSSR count). The highest BCUT2D eigenvalue weighted by Gasteiger charge is 1.96. The number of aromatic nitrogens is 1. The Kier molecular flexibility index (Phi) is 3.45. The van der Waals surface area contributed by atoms with Crippen molar-refractivity contribution in [3.05, 3.63) is 48.2 Å². The predicted octanol–water partition coefficient (Wildman–Crippen LogP) is 2.28. The van der Waals surface area contributed by atoms with Crippen LogP contribution in [0.1, 0.15) is 5.56 Å². The summed E-state index contributed by atoms with van der Waals surface area (Å²) in [7, 11) is 1.66. The van der Waals surface area contributed by atoms with Crippen LogP contribution >= 0.6 is 0 Å². The van der Waals surface area contributed by atoms with Crippen molar-refractivity contribution in [2.45, 2.75) is 6.54 Å². The summed E-state index contributed by atoms with van der Waals surface area (Å²) in [4.78, 5) is 4.17. The third kappa shape index (κ3) is 3.11. The van der Waals surface area contributed by atoms with Crippen molar-refractivity contribution in [2.75, 3.05) is 18.2 Å². The van der Waals surface area contributed by atoms with E-state index in [4.69, 9.17) is 10.5 Å². The third-order valence-corrected chi connectivity index (χ3v) is 2.42. The zero-order chi connectivity index (χ0) is 12.1. The van der Waals surface area contributed by atoms with Crippen molar-refractivity contribution in [1.29, 1.82) is 0 Å². The van der Waals surface area contributed by atoms with Crippen molar-refractivity contribution >= 4 is 11.5 Å². The van der Waals surface area contributed by atoms with Gasteiger partial charge in [0.1, 0.15) is 11.6 Å². The van der Waals surface area contributed by atoms with Gasteiger partial charge in [-0.15, -0.1) is 0 Å². The Morgan fingerprint density at radius 1 is 1.24 bits per heavy atom. The lowest BCUT2D eigenvalue weighted by Gasteiger charge is -2.06. The number of pyridine rings is 1. The average Bonchev–Trinajstić information content (AvgIpc) is 2.37. The van der Waals surface area contributed by atoms with Gasteiger partial charge in [0.2, 0.25) is 0 Å². The van der Waals surface area contributed by atoms with Gasteiger partial charge in [-0.3, -0.25) is 0 Å². The molecule has 1 heterocycles. The van der Waals surface area contributed by atoms with Gasteiger partial charge in [0.15, 0.2) is 0 Å². The van der Waals surface area contributed by atoms with Crippen molar-refractivity contribution in [3.63, 3.8) is 0 Å². The Morgan fingerprint density at radius 3 is 2.65 bits per heavy atom. The molecular weight excluding hydrogens is 214 g/mol. The summed E-state index contributed by atoms with van der Waals surface area (Å²) in [6.45, 7) is 0.709. The van der Waals surface area contributed by atoms with E-state index in [1.807, 2.05) is 30.3 Å². The standard InChI is InChI=1S/C13H15N3O/c1-17-12-4-2-10(3-5-12)9-16-13-8-11(14)6-7-15-13/h2-8H,9H2,1H3,(H3,14,15,16). The molecule has 88 valence electrons. The molecular formula is C13H15N3O. The number of methoxy groups -OCH3 is 1. The lowest BCUT2D eigenvalue weighted by Crippen LogP contribution is -2.01. The summed E-state index contributed by atoms with van der Waals surface area (Å²) in [5.41, 5.74) is 7.54. The molecule has 4 nitrogen and oxygen atoms in total. The molecule has 0 fully saturated rings. The Bertz CT molecular complexity index is 482. The first-order valence-corrected chi connectivity index (χ1v) is 5.36. The van der Waals surface area contributed by atoms with E-state index >= 15 is 0 Å². The van der Waals surface area contributed by atoms with Gasteiger partial charge in [0.05, 0.1) is 7.11 Å². The second kappa shape index (κ2) is 5.21. The molecule has 0 bridgehead atoms. The molecule has 17 heavy (non-hydrogen) atoms. The van der Waals surface area contributed by atoms with E-state index in [0.29, 0.717) is 12.2 Å². The molecule has 0 aliphatic rings. The maximum absolute atomic E-state index is 5.67. The topological polar surface area (TPSA) is 60.2 Å². The fourth-order valence-electron chi connectivity index (χ4n) is 1.48. The zero-order valence-corrected chi connectivity index (χ0v) is 9.68. The fourth-order valence-corrected chi connectivity index (χ4v) is 1.48. The van der Waals surface area contributed by atoms with Crippen molar-refractivity contribution in [2.24, 2.45) is 0 Å². The summed E-state index contributed by atoms with van der Waals surface area (Å²) in [5.74, 6) is 1.64. The van der Waals surface area contributed by atoms with Gasteiger partial charge in [-0.25, -0.2) is 4.98 Å². The van der Waals surface area contributed by atoms with Gasteiger partial charge >= 0.3 is 0 Å². The van der Waals surface area contributed by atoms with Crippen molar-refractivity contribution in [3.8, 4) is 5.75 Å². The summed E-state index contributed by atoms with van der Waals surface area (Å²) < 4.78 is 5.10. The summed E-state index contributed by atoms with van der Waals surface area (Å²) in [6.07, 6.45) is 1.69. The molecule has 0 atom stereocenters. The molecule has 3 N–H and O–H groups in total. The van der Waals surface area contributed by atoms with Crippen LogP contribution in [-0.2, 0) is 6.54 Å². The molecule has 0 spiro atoms. The molecule has 1 aromatic carbocycles. The van der Waals surface area contributed by atoms with Gasteiger partial charge in [-0.2, -0.15) is 0 Å². The van der Waals surface area contributed by atoms with E-state index in [0.717, 1.165) is 17.1 Å². The highest BCUT2D eigenvalue weighted by atomic mass is 16.5. The van der Waals surface area contributed by atoms with E-state index in [2.05, 4.69) is 10.3 Å². The third-order valence-electron chi connectivity index (χ3n) is 2.42. The van der Waals surface area contributed by atoms with Crippen LogP contribution in [0.5, 0.6) is 5.75 Å². The smallest absolute Gasteiger partial charge is 0.128 e. The van der Waals surface area contributed by atoms with Crippen LogP contribution in [0.4, 0.5) is 11.5 Å². The van der Waals surface area contributed by atoms with Crippen LogP contribution in [0.3, 0.4) is 0 Å². The SMILES string of the molecule is COc1ccc(CNc2cc(N)ccn2)cc1. The highest BCUT2D eigenvalue weighted by molar-refractivity contribution is 5.48. The van der Waals surface area contributed by atoms with Crippen molar-refractivity contribution < 1.29 is 4.74 Å². The van der Waals surface area contributed by atoms with E-state index in [1.54, 1.807) is 19.4 Å². The van der Waals surface area contributed by atoms with Crippen LogP contribution in [0.15, 0.2) is 42.6 Å². The van der Waals surface area contributed by atoms with E-state index in [9.17, 15) is 0 Å². The molecule has 0 saturated carbocycles. The zero-order valence-electron chi connectivity index (χ0n) is 9.68. The lowest BCUT2D eigenvalue weighted by molar-refractivity contribution is 0.414. The van der Waals surface area contributed by atoms with E-state index in [1.165, 1.54) is 0 Å². The van der Waals surface area contributed by atoms with Gasteiger partial charge in [-0.05, 0) is 23.8 Å². The summed E-state index contributed by atoms with van der Waals surface area (Å²) in [5, 5.41) is 3.21. The molecule has 0 unspecified atom stereocenters. The fraction of sp³-hybridized carbons (Fsp3) is 0.154. The molecule has 0 saturated heterocycles. The maximum atomic E-state index is 5.67. The van der Waals surface area contributed by atoms with Crippen LogP contribution in [0, 0.1) is 0 Å². The minimum absolute atomic E-state index is 0.706. The number of hydrogen-bond acceptors (Lipinski definition) is 4. The second-order valence-electron chi connectivity index (χ2n) is 3.68. The van der Waals surface area contributed by atoms with Gasteiger partial charge in [0.25, 0.3) is 0 Å². The maximum Gasteiger partial charge on any atom is 0.128 e. The van der Waals surface area contributed by atoms with Gasteiger partial charge < -0.3 is 15.8 Å². The molecule has 2 aromatic rings. The molecule has 0 amide bonds. The van der Waals surface area contributed by atoms with Crippen LogP contribution in [0.2, 0.25) is 0 Å². The van der Waals surface area contributed by atoms with E-state index < -0.39 is 0 Å². The number of nitrogens with one attached hydrogen (secondary N) is 1. The highest BCUT2D eigenvalue weighted by Crippen LogP contribution is 2.13. The minimum atomic E-state index is 0.706. The number of rotatable bonds is 4. The Morgan fingerprint density at radius 2 is 2.00 bits per heavy atom. The number of benzene rings is 1. The Balaban J connectivity index is 1.97. The van der Waals surface area contributed by atoms with Crippen molar-refractivity contribution in [1.82, 2.24) is 4.98 Å². The Labute approximate surface area is 100 Å². The molecule has 0 aliphatic heterocycles. The monoisotopic (exact) mass is 229 g/mol. The lowest BCUT2D eigenvalue weighted by atomic mass is 10.2. The predicted molar refractivity (Wildman–Crippen MR) is 69.0 cm³/mol. The first-order valence-electron chi connectivity index (χ1n) is 5.36. The second-order valence-corrected chi connectivity index (χ2v) is 3.68. The quantitative estimate of drug-likeness (QED) is 0.844. The molecule has 1 aromatic heterocycles. The van der Waals surface area contributed by atoms with Crippen LogP contribution < -0.4 is 15.8 Å². The summed E-state index contributed by atoms with van der Waals surface area (Å²) >= 11 is 0. The van der Waals surface area contributed by atoms with Crippen LogP contribution in [0.25, 0.3) is 0 Å². The molecule has 0 radical (unpaired) electrons. The number of ether oxygens (including phenoxy) is 1. The first kappa shape index (κ1) is 11.3. The number of nitrogens with two attached hydrogens (primary N) is 1. The average molecular weight is 229 g/mol. The summed E-state index contributed by atoms with van der Waals surface area (Å²) in [6, 6.07) is 11.5. The number of nitrogen functional groups attached to an aromatic ring is 1. The van der Waals surface area contributed by atoms with Gasteiger partial charge in [-0.1, -0.05) is 12.1 Å². The molecule has 4 heteroatoms. The van der Waals surface area contributed by atoms with Gasteiger partial charge in [0, 0.05) is 24.5 Å². The number of hydrogen-bond donors (Lipinski definition) is 2. The Hall–Kier alpha value is -2.23. The number of nitrogens with zero attached hydrogens (tertiary/aromatic N) is 1.